The number of hydrogen-bond acceptors (Lipinski definition) is 8. The Morgan fingerprint density at radius 3 is 2.47 bits per heavy atom. The maximum absolute atomic E-state index is 12.7. The SMILES string of the molecule is COc1cc(/C=C(\C#N)C(=O)Nc2cccc(Cl)c2)cc(I)c1OS(=O)(=O)c1ccc([N+](=O)[O-])cc1. The topological polar surface area (TPSA) is 149 Å². The molecular formula is C23H15ClIN3O7S. The summed E-state index contributed by atoms with van der Waals surface area (Å²) in [4.78, 5) is 22.4. The predicted octanol–water partition coefficient (Wildman–Crippen LogP) is 5.17. The smallest absolute Gasteiger partial charge is 0.339 e. The van der Waals surface area contributed by atoms with E-state index in [-0.39, 0.29) is 27.7 Å². The number of nitrogens with zero attached hydrogens (tertiary/aromatic N) is 2. The Bertz CT molecular complexity index is 1520. The highest BCUT2D eigenvalue weighted by atomic mass is 127. The first-order valence-electron chi connectivity index (χ1n) is 9.79. The number of carbonyl (C=O) groups excluding carboxylic acids is 1. The lowest BCUT2D eigenvalue weighted by Gasteiger charge is -2.13. The summed E-state index contributed by atoms with van der Waals surface area (Å²) < 4.78 is 36.3. The quantitative estimate of drug-likeness (QED) is 0.0886. The van der Waals surface area contributed by atoms with Crippen LogP contribution in [0.2, 0.25) is 5.02 Å². The molecule has 3 aromatic carbocycles. The monoisotopic (exact) mass is 639 g/mol. The molecule has 3 rings (SSSR count). The van der Waals surface area contributed by atoms with Gasteiger partial charge in [0, 0.05) is 22.8 Å². The standard InChI is InChI=1S/C23H15ClIN3O7S/c1-34-21-11-14(9-15(13-26)23(29)27-17-4-2-3-16(24)12-17)10-20(25)22(21)35-36(32,33)19-7-5-18(6-8-19)28(30)31/h2-12H,1H3,(H,27,29)/b15-9+. The fourth-order valence-electron chi connectivity index (χ4n) is 2.88. The van der Waals surface area contributed by atoms with E-state index >= 15 is 0 Å². The van der Waals surface area contributed by atoms with E-state index in [0.29, 0.717) is 19.8 Å². The van der Waals surface area contributed by atoms with Gasteiger partial charge in [0.15, 0.2) is 11.5 Å². The van der Waals surface area contributed by atoms with Crippen molar-refractivity contribution in [2.45, 2.75) is 4.90 Å². The van der Waals surface area contributed by atoms with E-state index in [0.717, 1.165) is 24.3 Å². The highest BCUT2D eigenvalue weighted by Gasteiger charge is 2.23. The summed E-state index contributed by atoms with van der Waals surface area (Å²) in [5, 5.41) is 23.3. The van der Waals surface area contributed by atoms with Crippen molar-refractivity contribution in [3.8, 4) is 17.6 Å². The average molecular weight is 640 g/mol. The van der Waals surface area contributed by atoms with Crippen LogP contribution in [0.1, 0.15) is 5.56 Å². The summed E-state index contributed by atoms with van der Waals surface area (Å²) in [7, 11) is -3.06. The van der Waals surface area contributed by atoms with Crippen molar-refractivity contribution in [3.63, 3.8) is 0 Å². The fourth-order valence-corrected chi connectivity index (χ4v) is 4.91. The number of hydrogen-bond donors (Lipinski definition) is 1. The van der Waals surface area contributed by atoms with E-state index in [9.17, 15) is 28.6 Å². The van der Waals surface area contributed by atoms with Crippen molar-refractivity contribution in [1.29, 1.82) is 5.26 Å². The highest BCUT2D eigenvalue weighted by Crippen LogP contribution is 2.36. The van der Waals surface area contributed by atoms with Crippen LogP contribution in [-0.4, -0.2) is 26.4 Å². The number of non-ortho nitro benzene ring substituents is 1. The molecule has 0 radical (unpaired) electrons. The number of ether oxygens (including phenoxy) is 1. The number of nitriles is 1. The van der Waals surface area contributed by atoms with Crippen molar-refractivity contribution >= 4 is 67.7 Å². The van der Waals surface area contributed by atoms with Gasteiger partial charge in [-0.15, -0.1) is 0 Å². The third kappa shape index (κ3) is 6.51. The van der Waals surface area contributed by atoms with Gasteiger partial charge in [-0.05, 0) is 76.7 Å². The van der Waals surface area contributed by atoms with Gasteiger partial charge in [-0.25, -0.2) is 0 Å². The van der Waals surface area contributed by atoms with Gasteiger partial charge in [0.1, 0.15) is 16.5 Å². The third-order valence-electron chi connectivity index (χ3n) is 4.54. The van der Waals surface area contributed by atoms with Crippen LogP contribution < -0.4 is 14.2 Å². The minimum atomic E-state index is -4.35. The van der Waals surface area contributed by atoms with Crippen LogP contribution in [0, 0.1) is 25.0 Å². The zero-order chi connectivity index (χ0) is 26.5. The van der Waals surface area contributed by atoms with Crippen LogP contribution in [0.5, 0.6) is 11.5 Å². The number of nitrogens with one attached hydrogen (secondary N) is 1. The number of carbonyl (C=O) groups is 1. The second-order valence-corrected chi connectivity index (χ2v) is 10.1. The average Bonchev–Trinajstić information content (AvgIpc) is 2.83. The number of anilines is 1. The van der Waals surface area contributed by atoms with Gasteiger partial charge in [-0.3, -0.25) is 14.9 Å². The number of amides is 1. The third-order valence-corrected chi connectivity index (χ3v) is 6.81. The molecule has 1 amide bonds. The summed E-state index contributed by atoms with van der Waals surface area (Å²) in [6.45, 7) is 0. The molecule has 36 heavy (non-hydrogen) atoms. The summed E-state index contributed by atoms with van der Waals surface area (Å²) in [5.74, 6) is -0.781. The van der Waals surface area contributed by atoms with Gasteiger partial charge in [-0.1, -0.05) is 17.7 Å². The lowest BCUT2D eigenvalue weighted by molar-refractivity contribution is -0.384. The highest BCUT2D eigenvalue weighted by molar-refractivity contribution is 14.1. The number of nitro groups is 1. The predicted molar refractivity (Wildman–Crippen MR) is 140 cm³/mol. The number of methoxy groups -OCH3 is 1. The molecule has 0 bridgehead atoms. The molecule has 10 nitrogen and oxygen atoms in total. The van der Waals surface area contributed by atoms with Crippen LogP contribution >= 0.6 is 34.2 Å². The summed E-state index contributed by atoms with van der Waals surface area (Å²) in [5.41, 5.74) is 0.278. The Hall–Kier alpha value is -3.67. The Kier molecular flexibility index (Phi) is 8.51. The Labute approximate surface area is 224 Å². The number of halogens is 2. The lowest BCUT2D eigenvalue weighted by Crippen LogP contribution is -2.13. The first kappa shape index (κ1) is 26.9. The lowest BCUT2D eigenvalue weighted by atomic mass is 10.1. The number of benzene rings is 3. The minimum absolute atomic E-state index is 0.0196. The molecule has 0 aliphatic carbocycles. The summed E-state index contributed by atoms with van der Waals surface area (Å²) >= 11 is 7.73. The van der Waals surface area contributed by atoms with Crippen molar-refractivity contribution in [1.82, 2.24) is 0 Å². The normalized spacial score (nSPS) is 11.3. The van der Waals surface area contributed by atoms with Crippen molar-refractivity contribution in [3.05, 3.63) is 90.5 Å². The molecule has 184 valence electrons. The molecule has 0 saturated carbocycles. The molecule has 3 aromatic rings. The van der Waals surface area contributed by atoms with Crippen LogP contribution in [0.3, 0.4) is 0 Å². The molecule has 13 heteroatoms. The van der Waals surface area contributed by atoms with E-state index < -0.39 is 20.9 Å². The van der Waals surface area contributed by atoms with Crippen LogP contribution in [0.15, 0.2) is 71.1 Å². The molecule has 0 saturated heterocycles. The van der Waals surface area contributed by atoms with E-state index in [4.69, 9.17) is 20.5 Å². The first-order valence-corrected chi connectivity index (χ1v) is 12.7. The molecule has 0 aliphatic heterocycles. The molecule has 1 N–H and O–H groups in total. The maximum atomic E-state index is 12.7. The van der Waals surface area contributed by atoms with Crippen LogP contribution in [0.25, 0.3) is 6.08 Å². The van der Waals surface area contributed by atoms with E-state index in [1.807, 2.05) is 28.7 Å². The molecule has 0 spiro atoms. The Morgan fingerprint density at radius 1 is 1.19 bits per heavy atom. The van der Waals surface area contributed by atoms with Crippen LogP contribution in [0.4, 0.5) is 11.4 Å². The van der Waals surface area contributed by atoms with Crippen molar-refractivity contribution in [2.24, 2.45) is 0 Å². The second kappa shape index (κ2) is 11.4. The Balaban J connectivity index is 1.90. The van der Waals surface area contributed by atoms with Gasteiger partial charge < -0.3 is 14.2 Å². The first-order chi connectivity index (χ1) is 17.0. The second-order valence-electron chi connectivity index (χ2n) is 6.96. The van der Waals surface area contributed by atoms with E-state index in [1.165, 1.54) is 31.4 Å². The van der Waals surface area contributed by atoms with Crippen LogP contribution in [-0.2, 0) is 14.9 Å². The molecule has 0 aromatic heterocycles. The zero-order valence-corrected chi connectivity index (χ0v) is 22.0. The molecular weight excluding hydrogens is 625 g/mol. The molecule has 0 unspecified atom stereocenters. The van der Waals surface area contributed by atoms with E-state index in [2.05, 4.69) is 5.32 Å². The van der Waals surface area contributed by atoms with Gasteiger partial charge in [0.05, 0.1) is 15.6 Å². The molecule has 0 aliphatic rings. The number of rotatable bonds is 8. The molecule has 0 fully saturated rings. The molecule has 0 heterocycles. The fraction of sp³-hybridized carbons (Fsp3) is 0.0435. The van der Waals surface area contributed by atoms with Gasteiger partial charge in [0.25, 0.3) is 11.6 Å². The maximum Gasteiger partial charge on any atom is 0.339 e. The summed E-state index contributed by atoms with van der Waals surface area (Å²) in [6, 6.07) is 15.3. The van der Waals surface area contributed by atoms with Crippen molar-refractivity contribution in [2.75, 3.05) is 12.4 Å². The summed E-state index contributed by atoms with van der Waals surface area (Å²) in [6.07, 6.45) is 1.30. The molecule has 0 atom stereocenters. The number of nitro benzene ring substituents is 1. The van der Waals surface area contributed by atoms with E-state index in [1.54, 1.807) is 18.2 Å². The zero-order valence-electron chi connectivity index (χ0n) is 18.3. The van der Waals surface area contributed by atoms with Gasteiger partial charge in [-0.2, -0.15) is 13.7 Å². The van der Waals surface area contributed by atoms with Gasteiger partial charge in [0.2, 0.25) is 0 Å². The van der Waals surface area contributed by atoms with Crippen molar-refractivity contribution < 1.29 is 27.1 Å². The van der Waals surface area contributed by atoms with Gasteiger partial charge >= 0.3 is 10.1 Å². The Morgan fingerprint density at radius 2 is 1.89 bits per heavy atom. The largest absolute Gasteiger partial charge is 0.493 e. The minimum Gasteiger partial charge on any atom is -0.493 e.